The molecule has 0 unspecified atom stereocenters. The van der Waals surface area contributed by atoms with E-state index in [-0.39, 0.29) is 5.91 Å². The van der Waals surface area contributed by atoms with Gasteiger partial charge in [-0.05, 0) is 40.8 Å². The number of nitrogens with zero attached hydrogens (tertiary/aromatic N) is 2. The number of amides is 1. The quantitative estimate of drug-likeness (QED) is 0.217. The first-order chi connectivity index (χ1) is 17.7. The number of pyridine rings is 1. The highest BCUT2D eigenvalue weighted by molar-refractivity contribution is 9.10. The van der Waals surface area contributed by atoms with Crippen molar-refractivity contribution in [1.29, 1.82) is 0 Å². The predicted octanol–water partition coefficient (Wildman–Crippen LogP) is 7.45. The fraction of sp³-hybridized carbons (Fsp3) is 0.0667. The van der Waals surface area contributed by atoms with Crippen LogP contribution in [0.25, 0.3) is 10.8 Å². The smallest absolute Gasteiger partial charge is 0.263 e. The minimum Gasteiger partial charge on any atom is -0.473 e. The Kier molecular flexibility index (Phi) is 5.87. The molecule has 0 saturated heterocycles. The number of aromatic nitrogens is 1. The Hall–Kier alpha value is -4.16. The molecule has 4 aromatic carbocycles. The largest absolute Gasteiger partial charge is 0.473 e. The molecule has 5 nitrogen and oxygen atoms in total. The van der Waals surface area contributed by atoms with E-state index in [2.05, 4.69) is 20.9 Å². The summed E-state index contributed by atoms with van der Waals surface area (Å²) in [5.41, 5.74) is 4.07. The van der Waals surface area contributed by atoms with Gasteiger partial charge < -0.3 is 9.47 Å². The maximum atomic E-state index is 13.6. The lowest BCUT2D eigenvalue weighted by atomic mass is 10.1. The highest BCUT2D eigenvalue weighted by Crippen LogP contribution is 2.46. The first-order valence-corrected chi connectivity index (χ1v) is 12.4. The molecule has 0 radical (unpaired) electrons. The fourth-order valence-electron chi connectivity index (χ4n) is 4.42. The van der Waals surface area contributed by atoms with Crippen molar-refractivity contribution in [1.82, 2.24) is 4.98 Å². The second kappa shape index (κ2) is 9.47. The van der Waals surface area contributed by atoms with Crippen molar-refractivity contribution in [2.24, 2.45) is 0 Å². The molecule has 1 amide bonds. The molecule has 0 saturated carbocycles. The highest BCUT2D eigenvalue weighted by Gasteiger charge is 2.33. The van der Waals surface area contributed by atoms with E-state index >= 15 is 0 Å². The number of carbonyl (C=O) groups is 1. The first-order valence-electron chi connectivity index (χ1n) is 11.6. The molecule has 1 aromatic heterocycles. The van der Waals surface area contributed by atoms with Crippen LogP contribution in [0.2, 0.25) is 0 Å². The molecule has 36 heavy (non-hydrogen) atoms. The number of rotatable bonds is 7. The van der Waals surface area contributed by atoms with E-state index < -0.39 is 0 Å². The average molecular weight is 537 g/mol. The Morgan fingerprint density at radius 3 is 2.11 bits per heavy atom. The molecule has 6 rings (SSSR count). The Bertz CT molecular complexity index is 1570. The standard InChI is InChI=1S/C30H21BrN2O3/c31-24-15-14-23-28-22(24)12-7-13-25(28)33(30(23)34)26-16-17-27(35-18-20-8-3-1-4-9-20)32-29(26)36-19-21-10-5-2-6-11-21/h1-17H,18-19H2. The molecular weight excluding hydrogens is 516 g/mol. The summed E-state index contributed by atoms with van der Waals surface area (Å²) < 4.78 is 13.1. The third-order valence-electron chi connectivity index (χ3n) is 6.14. The first kappa shape index (κ1) is 22.3. The Morgan fingerprint density at radius 1 is 0.694 bits per heavy atom. The number of anilines is 2. The molecule has 0 N–H and O–H groups in total. The third-order valence-corrected chi connectivity index (χ3v) is 6.83. The van der Waals surface area contributed by atoms with E-state index in [0.717, 1.165) is 32.1 Å². The van der Waals surface area contributed by atoms with E-state index in [1.54, 1.807) is 11.0 Å². The van der Waals surface area contributed by atoms with Crippen LogP contribution in [0.3, 0.4) is 0 Å². The molecule has 0 aliphatic carbocycles. The fourth-order valence-corrected chi connectivity index (χ4v) is 4.88. The number of hydrogen-bond donors (Lipinski definition) is 0. The maximum Gasteiger partial charge on any atom is 0.263 e. The zero-order chi connectivity index (χ0) is 24.5. The van der Waals surface area contributed by atoms with Crippen LogP contribution in [-0.2, 0) is 13.2 Å². The summed E-state index contributed by atoms with van der Waals surface area (Å²) in [5.74, 6) is 0.649. The van der Waals surface area contributed by atoms with Crippen LogP contribution >= 0.6 is 15.9 Å². The van der Waals surface area contributed by atoms with Gasteiger partial charge in [0.1, 0.15) is 18.9 Å². The summed E-state index contributed by atoms with van der Waals surface area (Å²) in [6.45, 7) is 0.695. The highest BCUT2D eigenvalue weighted by atomic mass is 79.9. The van der Waals surface area contributed by atoms with E-state index in [9.17, 15) is 4.79 Å². The molecule has 1 aliphatic heterocycles. The lowest BCUT2D eigenvalue weighted by Crippen LogP contribution is -2.22. The average Bonchev–Trinajstić information content (AvgIpc) is 3.21. The summed E-state index contributed by atoms with van der Waals surface area (Å²) in [4.78, 5) is 20.0. The van der Waals surface area contributed by atoms with Crippen molar-refractivity contribution in [2.45, 2.75) is 13.2 Å². The summed E-state index contributed by atoms with van der Waals surface area (Å²) in [6, 6.07) is 33.1. The van der Waals surface area contributed by atoms with Crippen molar-refractivity contribution < 1.29 is 14.3 Å². The van der Waals surface area contributed by atoms with Gasteiger partial charge in [0, 0.05) is 15.9 Å². The lowest BCUT2D eigenvalue weighted by molar-refractivity contribution is 0.100. The van der Waals surface area contributed by atoms with E-state index in [4.69, 9.17) is 9.47 Å². The van der Waals surface area contributed by atoms with Crippen LogP contribution in [0.5, 0.6) is 11.8 Å². The van der Waals surface area contributed by atoms with Crippen LogP contribution in [0.4, 0.5) is 11.4 Å². The number of ether oxygens (including phenoxy) is 2. The van der Waals surface area contributed by atoms with Gasteiger partial charge in [-0.3, -0.25) is 9.69 Å². The van der Waals surface area contributed by atoms with Crippen LogP contribution in [0.1, 0.15) is 21.5 Å². The SMILES string of the molecule is O=C1c2ccc(Br)c3cccc(c23)N1c1ccc(OCc2ccccc2)nc1OCc1ccccc1. The summed E-state index contributed by atoms with van der Waals surface area (Å²) in [5, 5.41) is 1.90. The van der Waals surface area contributed by atoms with Crippen molar-refractivity contribution in [3.05, 3.63) is 124 Å². The number of carbonyl (C=O) groups excluding carboxylic acids is 1. The molecule has 1 aliphatic rings. The molecule has 5 aromatic rings. The predicted molar refractivity (Wildman–Crippen MR) is 144 cm³/mol. The summed E-state index contributed by atoms with van der Waals surface area (Å²) in [6.07, 6.45) is 0. The van der Waals surface area contributed by atoms with Gasteiger partial charge in [0.25, 0.3) is 5.91 Å². The van der Waals surface area contributed by atoms with Gasteiger partial charge >= 0.3 is 0 Å². The van der Waals surface area contributed by atoms with Crippen LogP contribution in [0, 0.1) is 0 Å². The topological polar surface area (TPSA) is 51.7 Å². The van der Waals surface area contributed by atoms with Crippen LogP contribution in [-0.4, -0.2) is 10.9 Å². The Balaban J connectivity index is 1.39. The summed E-state index contributed by atoms with van der Waals surface area (Å²) in [7, 11) is 0. The molecule has 2 heterocycles. The van der Waals surface area contributed by atoms with Crippen molar-refractivity contribution >= 4 is 44.0 Å². The van der Waals surface area contributed by atoms with Crippen molar-refractivity contribution in [2.75, 3.05) is 4.90 Å². The number of halogens is 1. The lowest BCUT2D eigenvalue weighted by Gasteiger charge is -2.21. The van der Waals surface area contributed by atoms with Crippen molar-refractivity contribution in [3.63, 3.8) is 0 Å². The van der Waals surface area contributed by atoms with Gasteiger partial charge in [-0.15, -0.1) is 0 Å². The van der Waals surface area contributed by atoms with Crippen LogP contribution in [0.15, 0.2) is 108 Å². The maximum absolute atomic E-state index is 13.6. The second-order valence-electron chi connectivity index (χ2n) is 8.46. The van der Waals surface area contributed by atoms with Crippen molar-refractivity contribution in [3.8, 4) is 11.8 Å². The molecule has 6 heteroatoms. The molecule has 0 fully saturated rings. The monoisotopic (exact) mass is 536 g/mol. The molecule has 0 spiro atoms. The minimum absolute atomic E-state index is 0.113. The van der Waals surface area contributed by atoms with Gasteiger partial charge in [0.05, 0.1) is 11.3 Å². The molecule has 0 bridgehead atoms. The number of hydrogen-bond acceptors (Lipinski definition) is 4. The van der Waals surface area contributed by atoms with Gasteiger partial charge in [0.15, 0.2) is 0 Å². The van der Waals surface area contributed by atoms with Crippen LogP contribution < -0.4 is 14.4 Å². The normalized spacial score (nSPS) is 12.2. The zero-order valence-electron chi connectivity index (χ0n) is 19.2. The third kappa shape index (κ3) is 4.10. The van der Waals surface area contributed by atoms with E-state index in [1.165, 1.54) is 0 Å². The van der Waals surface area contributed by atoms with Gasteiger partial charge in [-0.1, -0.05) is 88.7 Å². The van der Waals surface area contributed by atoms with E-state index in [0.29, 0.717) is 36.2 Å². The Morgan fingerprint density at radius 2 is 1.39 bits per heavy atom. The van der Waals surface area contributed by atoms with E-state index in [1.807, 2.05) is 97.1 Å². The van der Waals surface area contributed by atoms with Gasteiger partial charge in [-0.25, -0.2) is 0 Å². The van der Waals surface area contributed by atoms with Gasteiger partial charge in [0.2, 0.25) is 11.8 Å². The Labute approximate surface area is 217 Å². The zero-order valence-corrected chi connectivity index (χ0v) is 20.8. The molecule has 0 atom stereocenters. The number of benzene rings is 4. The minimum atomic E-state index is -0.113. The second-order valence-corrected chi connectivity index (χ2v) is 9.31. The molecular formula is C30H21BrN2O3. The summed E-state index contributed by atoms with van der Waals surface area (Å²) >= 11 is 3.62. The molecule has 176 valence electrons. The van der Waals surface area contributed by atoms with Gasteiger partial charge in [-0.2, -0.15) is 4.98 Å².